The standard InChI is InChI=1S/C23H21ClN4O2/c1-4-27-19-8-6-15(24)10-16(19)23(22(27)30)11-20(29)26-21-17(23)12-25-28(21)18-7-5-13(2)9-14(18)3/h5-10,12H,4,11H2,1-3H3,(H,26,29). The van der Waals surface area contributed by atoms with Gasteiger partial charge in [-0.05, 0) is 56.2 Å². The van der Waals surface area contributed by atoms with Crippen LogP contribution >= 0.6 is 11.6 Å². The van der Waals surface area contributed by atoms with Crippen LogP contribution in [0.25, 0.3) is 5.69 Å². The Morgan fingerprint density at radius 3 is 2.60 bits per heavy atom. The quantitative estimate of drug-likeness (QED) is 0.677. The molecule has 1 aromatic heterocycles. The van der Waals surface area contributed by atoms with Crippen LogP contribution in [0.2, 0.25) is 5.02 Å². The first kappa shape index (κ1) is 18.9. The summed E-state index contributed by atoms with van der Waals surface area (Å²) in [6, 6.07) is 11.5. The largest absolute Gasteiger partial charge is 0.311 e. The number of fused-ring (bicyclic) bond motifs is 4. The first-order valence-corrected chi connectivity index (χ1v) is 10.3. The van der Waals surface area contributed by atoms with Crippen LogP contribution in [0, 0.1) is 13.8 Å². The molecule has 2 aromatic carbocycles. The van der Waals surface area contributed by atoms with Gasteiger partial charge in [0, 0.05) is 29.2 Å². The number of carbonyl (C=O) groups is 2. The van der Waals surface area contributed by atoms with Gasteiger partial charge in [0.2, 0.25) is 11.8 Å². The van der Waals surface area contributed by atoms with E-state index in [0.717, 1.165) is 28.1 Å². The Balaban J connectivity index is 1.79. The summed E-state index contributed by atoms with van der Waals surface area (Å²) in [5.74, 6) is 0.209. The van der Waals surface area contributed by atoms with E-state index < -0.39 is 5.41 Å². The molecule has 0 bridgehead atoms. The van der Waals surface area contributed by atoms with Crippen molar-refractivity contribution in [3.8, 4) is 5.69 Å². The van der Waals surface area contributed by atoms with Gasteiger partial charge in [0.25, 0.3) is 0 Å². The molecule has 2 aliphatic rings. The Labute approximate surface area is 179 Å². The van der Waals surface area contributed by atoms with Crippen LogP contribution in [0.5, 0.6) is 0 Å². The topological polar surface area (TPSA) is 67.2 Å². The van der Waals surface area contributed by atoms with Crippen molar-refractivity contribution in [2.24, 2.45) is 0 Å². The van der Waals surface area contributed by atoms with E-state index in [2.05, 4.69) is 16.5 Å². The van der Waals surface area contributed by atoms with Gasteiger partial charge in [-0.15, -0.1) is 0 Å². The van der Waals surface area contributed by atoms with E-state index in [4.69, 9.17) is 11.6 Å². The molecule has 0 radical (unpaired) electrons. The highest BCUT2D eigenvalue weighted by Crippen LogP contribution is 2.53. The Kier molecular flexibility index (Phi) is 4.05. The van der Waals surface area contributed by atoms with Crippen LogP contribution in [-0.4, -0.2) is 28.1 Å². The molecular weight excluding hydrogens is 400 g/mol. The molecule has 1 N–H and O–H groups in total. The lowest BCUT2D eigenvalue weighted by Gasteiger charge is -2.32. The van der Waals surface area contributed by atoms with Crippen molar-refractivity contribution >= 4 is 34.9 Å². The van der Waals surface area contributed by atoms with Crippen LogP contribution in [-0.2, 0) is 15.0 Å². The van der Waals surface area contributed by atoms with E-state index in [-0.39, 0.29) is 18.2 Å². The second-order valence-corrected chi connectivity index (χ2v) is 8.39. The van der Waals surface area contributed by atoms with Crippen molar-refractivity contribution < 1.29 is 9.59 Å². The van der Waals surface area contributed by atoms with E-state index in [1.165, 1.54) is 0 Å². The lowest BCUT2D eigenvalue weighted by molar-refractivity contribution is -0.126. The lowest BCUT2D eigenvalue weighted by Crippen LogP contribution is -2.46. The van der Waals surface area contributed by atoms with Crippen LogP contribution in [0.3, 0.4) is 0 Å². The summed E-state index contributed by atoms with van der Waals surface area (Å²) < 4.78 is 1.72. The second-order valence-electron chi connectivity index (χ2n) is 7.95. The average Bonchev–Trinajstić information content (AvgIpc) is 3.21. The molecule has 5 rings (SSSR count). The smallest absolute Gasteiger partial charge is 0.242 e. The van der Waals surface area contributed by atoms with Crippen molar-refractivity contribution in [1.82, 2.24) is 9.78 Å². The minimum Gasteiger partial charge on any atom is -0.311 e. The number of amides is 2. The number of carbonyl (C=O) groups excluding carboxylic acids is 2. The van der Waals surface area contributed by atoms with Crippen LogP contribution in [0.1, 0.15) is 35.6 Å². The van der Waals surface area contributed by atoms with E-state index >= 15 is 0 Å². The summed E-state index contributed by atoms with van der Waals surface area (Å²) in [5.41, 5.74) is 4.18. The molecular formula is C23H21ClN4O2. The van der Waals surface area contributed by atoms with Gasteiger partial charge >= 0.3 is 0 Å². The number of aromatic nitrogens is 2. The number of rotatable bonds is 2. The fraction of sp³-hybridized carbons (Fsp3) is 0.261. The average molecular weight is 421 g/mol. The first-order valence-electron chi connectivity index (χ1n) is 9.95. The maximum Gasteiger partial charge on any atom is 0.242 e. The Bertz CT molecular complexity index is 1230. The van der Waals surface area contributed by atoms with Gasteiger partial charge in [0.1, 0.15) is 11.2 Å². The summed E-state index contributed by atoms with van der Waals surface area (Å²) in [6.07, 6.45) is 1.73. The minimum atomic E-state index is -1.12. The molecule has 2 aliphatic heterocycles. The normalized spacial score (nSPS) is 19.8. The Morgan fingerprint density at radius 2 is 1.87 bits per heavy atom. The first-order chi connectivity index (χ1) is 14.4. The zero-order valence-electron chi connectivity index (χ0n) is 17.0. The summed E-state index contributed by atoms with van der Waals surface area (Å²) in [7, 11) is 0. The van der Waals surface area contributed by atoms with Gasteiger partial charge in [-0.3, -0.25) is 9.59 Å². The molecule has 1 unspecified atom stereocenters. The minimum absolute atomic E-state index is 0.0290. The van der Waals surface area contributed by atoms with Crippen LogP contribution in [0.4, 0.5) is 11.5 Å². The molecule has 30 heavy (non-hydrogen) atoms. The van der Waals surface area contributed by atoms with Gasteiger partial charge in [-0.2, -0.15) is 5.10 Å². The zero-order chi connectivity index (χ0) is 21.2. The van der Waals surface area contributed by atoms with Gasteiger partial charge < -0.3 is 10.2 Å². The van der Waals surface area contributed by atoms with E-state index in [1.54, 1.807) is 27.9 Å². The van der Waals surface area contributed by atoms with Gasteiger partial charge in [0.15, 0.2) is 0 Å². The van der Waals surface area contributed by atoms with Crippen LogP contribution in [0.15, 0.2) is 42.6 Å². The van der Waals surface area contributed by atoms with Gasteiger partial charge in [0.05, 0.1) is 11.9 Å². The Morgan fingerprint density at radius 1 is 1.10 bits per heavy atom. The number of benzene rings is 2. The highest BCUT2D eigenvalue weighted by Gasteiger charge is 2.57. The monoisotopic (exact) mass is 420 g/mol. The van der Waals surface area contributed by atoms with E-state index in [1.807, 2.05) is 39.0 Å². The second kappa shape index (κ2) is 6.44. The zero-order valence-corrected chi connectivity index (χ0v) is 17.7. The molecule has 3 aromatic rings. The fourth-order valence-electron chi connectivity index (χ4n) is 4.80. The Hall–Kier alpha value is -3.12. The van der Waals surface area contributed by atoms with Crippen molar-refractivity contribution in [1.29, 1.82) is 0 Å². The summed E-state index contributed by atoms with van der Waals surface area (Å²) in [6.45, 7) is 6.48. The maximum atomic E-state index is 13.7. The number of hydrogen-bond donors (Lipinski definition) is 1. The van der Waals surface area contributed by atoms with Crippen molar-refractivity contribution in [2.75, 3.05) is 16.8 Å². The predicted molar refractivity (Wildman–Crippen MR) is 117 cm³/mol. The fourth-order valence-corrected chi connectivity index (χ4v) is 4.98. The molecule has 1 atom stereocenters. The number of hydrogen-bond acceptors (Lipinski definition) is 3. The number of halogens is 1. The molecule has 7 heteroatoms. The number of nitrogens with one attached hydrogen (secondary N) is 1. The van der Waals surface area contributed by atoms with Crippen molar-refractivity contribution in [3.63, 3.8) is 0 Å². The third kappa shape index (κ3) is 2.40. The number of likely N-dealkylation sites (N-methyl/N-ethyl adjacent to an activating group) is 1. The highest BCUT2D eigenvalue weighted by molar-refractivity contribution is 6.31. The molecule has 1 spiro atoms. The molecule has 0 aliphatic carbocycles. The molecule has 152 valence electrons. The molecule has 3 heterocycles. The third-order valence-electron chi connectivity index (χ3n) is 6.13. The molecule has 0 saturated heterocycles. The number of anilines is 2. The number of aryl methyl sites for hydroxylation is 2. The predicted octanol–water partition coefficient (Wildman–Crippen LogP) is 4.14. The third-order valence-corrected chi connectivity index (χ3v) is 6.36. The number of nitrogens with zero attached hydrogens (tertiary/aromatic N) is 3. The van der Waals surface area contributed by atoms with Gasteiger partial charge in [-0.25, -0.2) is 4.68 Å². The molecule has 0 saturated carbocycles. The highest BCUT2D eigenvalue weighted by atomic mass is 35.5. The summed E-state index contributed by atoms with van der Waals surface area (Å²) in [5, 5.41) is 8.08. The lowest BCUT2D eigenvalue weighted by atomic mass is 9.72. The van der Waals surface area contributed by atoms with Crippen molar-refractivity contribution in [2.45, 2.75) is 32.6 Å². The summed E-state index contributed by atoms with van der Waals surface area (Å²) in [4.78, 5) is 28.3. The van der Waals surface area contributed by atoms with E-state index in [9.17, 15) is 9.59 Å². The molecule has 6 nitrogen and oxygen atoms in total. The van der Waals surface area contributed by atoms with Crippen molar-refractivity contribution in [3.05, 3.63) is 69.9 Å². The van der Waals surface area contributed by atoms with Crippen LogP contribution < -0.4 is 10.2 Å². The molecule has 0 fully saturated rings. The van der Waals surface area contributed by atoms with E-state index in [0.29, 0.717) is 22.9 Å². The summed E-state index contributed by atoms with van der Waals surface area (Å²) >= 11 is 6.31. The SMILES string of the molecule is CCN1C(=O)C2(CC(=O)Nc3c2cnn3-c2ccc(C)cc2C)c2cc(Cl)ccc21. The maximum absolute atomic E-state index is 13.7. The van der Waals surface area contributed by atoms with Gasteiger partial charge in [-0.1, -0.05) is 29.3 Å². The molecule has 2 amide bonds.